The van der Waals surface area contributed by atoms with Crippen LogP contribution in [-0.4, -0.2) is 40.1 Å². The van der Waals surface area contributed by atoms with Crippen LogP contribution in [0.2, 0.25) is 0 Å². The molecule has 0 radical (unpaired) electrons. The van der Waals surface area contributed by atoms with E-state index in [4.69, 9.17) is 9.26 Å². The Labute approximate surface area is 134 Å². The van der Waals surface area contributed by atoms with E-state index in [0.29, 0.717) is 30.6 Å². The molecule has 23 heavy (non-hydrogen) atoms. The molecular formula is C17H19N3O3. The van der Waals surface area contributed by atoms with E-state index in [1.807, 2.05) is 30.3 Å². The van der Waals surface area contributed by atoms with Crippen LogP contribution < -0.4 is 4.74 Å². The van der Waals surface area contributed by atoms with Crippen molar-refractivity contribution in [2.45, 2.75) is 37.7 Å². The molecule has 2 aliphatic rings. The van der Waals surface area contributed by atoms with Crippen LogP contribution in [0.5, 0.6) is 5.75 Å². The molecular weight excluding hydrogens is 294 g/mol. The number of nitrogens with zero attached hydrogens (tertiary/aromatic N) is 3. The van der Waals surface area contributed by atoms with E-state index in [1.54, 1.807) is 11.8 Å². The van der Waals surface area contributed by atoms with Crippen molar-refractivity contribution in [3.63, 3.8) is 0 Å². The number of hydrogen-bond donors (Lipinski definition) is 0. The number of amides is 1. The second-order valence-electron chi connectivity index (χ2n) is 6.28. The van der Waals surface area contributed by atoms with Crippen molar-refractivity contribution >= 4 is 5.91 Å². The molecule has 0 bridgehead atoms. The normalized spacial score (nSPS) is 19.3. The summed E-state index contributed by atoms with van der Waals surface area (Å²) >= 11 is 0. The molecule has 1 amide bonds. The van der Waals surface area contributed by atoms with Crippen molar-refractivity contribution in [3.05, 3.63) is 42.0 Å². The number of likely N-dealkylation sites (tertiary alicyclic amines) is 1. The lowest BCUT2D eigenvalue weighted by Gasteiger charge is -2.38. The van der Waals surface area contributed by atoms with Gasteiger partial charge in [0.15, 0.2) is 11.9 Å². The third-order valence-electron chi connectivity index (χ3n) is 4.35. The second-order valence-corrected chi connectivity index (χ2v) is 6.28. The van der Waals surface area contributed by atoms with Crippen LogP contribution in [0.15, 0.2) is 34.9 Å². The summed E-state index contributed by atoms with van der Waals surface area (Å²) in [5.74, 6) is 2.83. The van der Waals surface area contributed by atoms with Crippen LogP contribution in [0.1, 0.15) is 43.3 Å². The van der Waals surface area contributed by atoms with E-state index in [9.17, 15) is 4.79 Å². The van der Waals surface area contributed by atoms with E-state index in [0.717, 1.165) is 18.7 Å². The molecule has 2 heterocycles. The average molecular weight is 313 g/mol. The van der Waals surface area contributed by atoms with Crippen LogP contribution in [0.4, 0.5) is 0 Å². The Morgan fingerprint density at radius 2 is 2.00 bits per heavy atom. The fraction of sp³-hybridized carbons (Fsp3) is 0.471. The topological polar surface area (TPSA) is 68.5 Å². The lowest BCUT2D eigenvalue weighted by atomic mass is 9.99. The summed E-state index contributed by atoms with van der Waals surface area (Å²) in [4.78, 5) is 18.6. The van der Waals surface area contributed by atoms with Gasteiger partial charge >= 0.3 is 0 Å². The summed E-state index contributed by atoms with van der Waals surface area (Å²) in [7, 11) is 0. The monoisotopic (exact) mass is 313 g/mol. The van der Waals surface area contributed by atoms with E-state index in [1.165, 1.54) is 0 Å². The number of aromatic nitrogens is 2. The van der Waals surface area contributed by atoms with E-state index in [-0.39, 0.29) is 11.8 Å². The van der Waals surface area contributed by atoms with Gasteiger partial charge in [0.2, 0.25) is 5.89 Å². The summed E-state index contributed by atoms with van der Waals surface area (Å²) in [6, 6.07) is 9.39. The molecule has 1 saturated heterocycles. The highest BCUT2D eigenvalue weighted by Gasteiger charge is 2.39. The maximum Gasteiger partial charge on any atom is 0.263 e. The molecule has 1 aromatic carbocycles. The van der Waals surface area contributed by atoms with Gasteiger partial charge in [-0.25, -0.2) is 0 Å². The van der Waals surface area contributed by atoms with Crippen LogP contribution in [0, 0.1) is 0 Å². The first kappa shape index (κ1) is 14.2. The molecule has 0 N–H and O–H groups in total. The Morgan fingerprint density at radius 1 is 1.26 bits per heavy atom. The summed E-state index contributed by atoms with van der Waals surface area (Å²) in [6.07, 6.45) is 1.81. The fourth-order valence-corrected chi connectivity index (χ4v) is 2.75. The second kappa shape index (κ2) is 5.68. The largest absolute Gasteiger partial charge is 0.481 e. The molecule has 1 unspecified atom stereocenters. The van der Waals surface area contributed by atoms with Gasteiger partial charge < -0.3 is 14.2 Å². The highest BCUT2D eigenvalue weighted by atomic mass is 16.5. The van der Waals surface area contributed by atoms with Crippen molar-refractivity contribution in [3.8, 4) is 5.75 Å². The van der Waals surface area contributed by atoms with E-state index >= 15 is 0 Å². The van der Waals surface area contributed by atoms with Gasteiger partial charge in [-0.15, -0.1) is 0 Å². The van der Waals surface area contributed by atoms with Crippen molar-refractivity contribution in [2.75, 3.05) is 13.1 Å². The minimum Gasteiger partial charge on any atom is -0.481 e. The van der Waals surface area contributed by atoms with Crippen LogP contribution in [0.3, 0.4) is 0 Å². The molecule has 1 aliphatic carbocycles. The first-order chi connectivity index (χ1) is 11.2. The van der Waals surface area contributed by atoms with E-state index in [2.05, 4.69) is 10.1 Å². The third kappa shape index (κ3) is 2.93. The first-order valence-electron chi connectivity index (χ1n) is 8.04. The minimum atomic E-state index is -0.497. The summed E-state index contributed by atoms with van der Waals surface area (Å²) in [5, 5.41) is 4.03. The summed E-state index contributed by atoms with van der Waals surface area (Å²) < 4.78 is 11.0. The summed E-state index contributed by atoms with van der Waals surface area (Å²) in [6.45, 7) is 3.02. The SMILES string of the molecule is CC(Oc1ccccc1)C(=O)N1CC(c2nc(C3CC3)no2)C1. The van der Waals surface area contributed by atoms with Crippen molar-refractivity contribution in [1.82, 2.24) is 15.0 Å². The zero-order valence-electron chi connectivity index (χ0n) is 13.0. The number of benzene rings is 1. The Morgan fingerprint density at radius 3 is 2.70 bits per heavy atom. The van der Waals surface area contributed by atoms with Crippen molar-refractivity contribution in [1.29, 1.82) is 0 Å². The van der Waals surface area contributed by atoms with Crippen LogP contribution in [-0.2, 0) is 4.79 Å². The molecule has 1 aromatic heterocycles. The Balaban J connectivity index is 1.30. The third-order valence-corrected chi connectivity index (χ3v) is 4.35. The number of ether oxygens (including phenoxy) is 1. The molecule has 2 fully saturated rings. The molecule has 0 spiro atoms. The number of carbonyl (C=O) groups is 1. The van der Waals surface area contributed by atoms with Gasteiger partial charge in [-0.1, -0.05) is 23.4 Å². The fourth-order valence-electron chi connectivity index (χ4n) is 2.75. The van der Waals surface area contributed by atoms with Gasteiger partial charge in [0.05, 0.1) is 5.92 Å². The maximum absolute atomic E-state index is 12.4. The van der Waals surface area contributed by atoms with Crippen LogP contribution >= 0.6 is 0 Å². The van der Waals surface area contributed by atoms with Gasteiger partial charge in [0.25, 0.3) is 5.91 Å². The number of carbonyl (C=O) groups excluding carboxylic acids is 1. The highest BCUT2D eigenvalue weighted by molar-refractivity contribution is 5.81. The molecule has 120 valence electrons. The summed E-state index contributed by atoms with van der Waals surface area (Å²) in [5.41, 5.74) is 0. The maximum atomic E-state index is 12.4. The number of hydrogen-bond acceptors (Lipinski definition) is 5. The number of rotatable bonds is 5. The predicted octanol–water partition coefficient (Wildman–Crippen LogP) is 2.34. The highest BCUT2D eigenvalue weighted by Crippen LogP contribution is 2.39. The molecule has 6 heteroatoms. The van der Waals surface area contributed by atoms with Gasteiger partial charge in [-0.2, -0.15) is 4.98 Å². The first-order valence-corrected chi connectivity index (χ1v) is 8.04. The standard InChI is InChI=1S/C17H19N3O3/c1-11(22-14-5-3-2-4-6-14)17(21)20-9-13(10-20)16-18-15(19-23-16)12-7-8-12/h2-6,11-13H,7-10H2,1H3. The van der Waals surface area contributed by atoms with Gasteiger partial charge in [0.1, 0.15) is 5.75 Å². The zero-order chi connectivity index (χ0) is 15.8. The van der Waals surface area contributed by atoms with Gasteiger partial charge in [-0.3, -0.25) is 4.79 Å². The smallest absolute Gasteiger partial charge is 0.263 e. The molecule has 2 aromatic rings. The van der Waals surface area contributed by atoms with Crippen molar-refractivity contribution in [2.24, 2.45) is 0 Å². The predicted molar refractivity (Wildman–Crippen MR) is 82.1 cm³/mol. The van der Waals surface area contributed by atoms with Crippen LogP contribution in [0.25, 0.3) is 0 Å². The Hall–Kier alpha value is -2.37. The van der Waals surface area contributed by atoms with Crippen molar-refractivity contribution < 1.29 is 14.1 Å². The zero-order valence-corrected chi connectivity index (χ0v) is 13.0. The average Bonchev–Trinajstić information content (AvgIpc) is 3.26. The number of para-hydroxylation sites is 1. The minimum absolute atomic E-state index is 0.00738. The molecule has 1 atom stereocenters. The molecule has 1 saturated carbocycles. The van der Waals surface area contributed by atoms with Gasteiger partial charge in [-0.05, 0) is 31.9 Å². The molecule has 6 nitrogen and oxygen atoms in total. The van der Waals surface area contributed by atoms with E-state index < -0.39 is 6.10 Å². The van der Waals surface area contributed by atoms with Gasteiger partial charge in [0, 0.05) is 19.0 Å². The molecule has 4 rings (SSSR count). The Bertz CT molecular complexity index is 690. The quantitative estimate of drug-likeness (QED) is 0.847. The lowest BCUT2D eigenvalue weighted by Crippen LogP contribution is -2.52. The lowest BCUT2D eigenvalue weighted by molar-refractivity contribution is -0.142. The Kier molecular flexibility index (Phi) is 3.52. The molecule has 1 aliphatic heterocycles.